The second-order valence-electron chi connectivity index (χ2n) is 5.93. The zero-order chi connectivity index (χ0) is 18.6. The maximum Gasteiger partial charge on any atom is 0.237 e. The fourth-order valence-electron chi connectivity index (χ4n) is 2.67. The smallest absolute Gasteiger partial charge is 0.237 e. The lowest BCUT2D eigenvalue weighted by Gasteiger charge is -2.12. The van der Waals surface area contributed by atoms with Crippen LogP contribution in [0.5, 0.6) is 0 Å². The van der Waals surface area contributed by atoms with E-state index in [1.165, 1.54) is 11.8 Å². The third-order valence-corrected chi connectivity index (χ3v) is 5.01. The van der Waals surface area contributed by atoms with Gasteiger partial charge in [-0.2, -0.15) is 0 Å². The average Bonchev–Trinajstić information content (AvgIpc) is 3.17. The van der Waals surface area contributed by atoms with E-state index in [4.69, 9.17) is 0 Å². The summed E-state index contributed by atoms with van der Waals surface area (Å²) >= 11 is 1.32. The van der Waals surface area contributed by atoms with Gasteiger partial charge in [-0.25, -0.2) is 9.67 Å². The van der Waals surface area contributed by atoms with E-state index in [2.05, 4.69) is 20.4 Å². The lowest BCUT2D eigenvalue weighted by atomic mass is 10.2. The number of hydrogen-bond donors (Lipinski definition) is 1. The minimum Gasteiger partial charge on any atom is -0.324 e. The summed E-state index contributed by atoms with van der Waals surface area (Å²) in [5, 5.41) is 8.55. The number of fused-ring (bicyclic) bond motifs is 1. The van der Waals surface area contributed by atoms with Crippen LogP contribution >= 0.6 is 11.8 Å². The Morgan fingerprint density at radius 1 is 1.04 bits per heavy atom. The molecule has 4 rings (SSSR count). The molecule has 0 aliphatic heterocycles. The van der Waals surface area contributed by atoms with Crippen molar-refractivity contribution in [3.8, 4) is 5.69 Å². The van der Waals surface area contributed by atoms with E-state index in [0.29, 0.717) is 5.16 Å². The van der Waals surface area contributed by atoms with Gasteiger partial charge in [0.15, 0.2) is 0 Å². The number of hydrogen-bond acceptors (Lipinski definition) is 5. The van der Waals surface area contributed by atoms with E-state index in [0.717, 1.165) is 22.3 Å². The zero-order valence-electron chi connectivity index (χ0n) is 14.6. The summed E-state index contributed by atoms with van der Waals surface area (Å²) in [5.41, 5.74) is 2.52. The summed E-state index contributed by atoms with van der Waals surface area (Å²) in [6, 6.07) is 19.2. The third-order valence-electron chi connectivity index (χ3n) is 4.05. The summed E-state index contributed by atoms with van der Waals surface area (Å²) in [7, 11) is 0. The molecule has 0 spiro atoms. The van der Waals surface area contributed by atoms with Crippen molar-refractivity contribution < 1.29 is 4.79 Å². The van der Waals surface area contributed by atoms with Gasteiger partial charge in [0.05, 0.1) is 22.1 Å². The van der Waals surface area contributed by atoms with E-state index in [9.17, 15) is 4.79 Å². The number of nitrogens with one attached hydrogen (secondary N) is 1. The number of rotatable bonds is 5. The van der Waals surface area contributed by atoms with Crippen LogP contribution < -0.4 is 5.32 Å². The number of pyridine rings is 1. The number of para-hydroxylation sites is 1. The fourth-order valence-corrected chi connectivity index (χ4v) is 3.39. The Kier molecular flexibility index (Phi) is 4.84. The van der Waals surface area contributed by atoms with Crippen molar-refractivity contribution >= 4 is 34.3 Å². The van der Waals surface area contributed by atoms with Gasteiger partial charge in [0.1, 0.15) is 6.33 Å². The quantitative estimate of drug-likeness (QED) is 0.535. The fraction of sp³-hybridized carbons (Fsp3) is 0.100. The standard InChI is InChI=1S/C20H17N5OS/c1-14(27-20-22-13-25(24-20)15-7-3-2-4-8-15)19(26)23-18-11-5-10-17-16(18)9-6-12-21-17/h2-14H,1H3,(H,23,26). The van der Waals surface area contributed by atoms with Gasteiger partial charge in [0, 0.05) is 11.6 Å². The van der Waals surface area contributed by atoms with E-state index in [1.807, 2.05) is 67.6 Å². The topological polar surface area (TPSA) is 72.7 Å². The molecule has 0 bridgehead atoms. The number of benzene rings is 2. The molecule has 1 atom stereocenters. The van der Waals surface area contributed by atoms with Crippen molar-refractivity contribution in [3.63, 3.8) is 0 Å². The minimum absolute atomic E-state index is 0.104. The number of thioether (sulfide) groups is 1. The maximum absolute atomic E-state index is 12.6. The zero-order valence-corrected chi connectivity index (χ0v) is 15.4. The van der Waals surface area contributed by atoms with Gasteiger partial charge >= 0.3 is 0 Å². The van der Waals surface area contributed by atoms with Crippen LogP contribution in [0.2, 0.25) is 0 Å². The van der Waals surface area contributed by atoms with Gasteiger partial charge in [-0.15, -0.1) is 5.10 Å². The largest absolute Gasteiger partial charge is 0.324 e. The van der Waals surface area contributed by atoms with Gasteiger partial charge in [-0.05, 0) is 43.3 Å². The second-order valence-corrected chi connectivity index (χ2v) is 7.24. The second kappa shape index (κ2) is 7.59. The highest BCUT2D eigenvalue weighted by Gasteiger charge is 2.18. The first-order valence-corrected chi connectivity index (χ1v) is 9.37. The molecule has 0 aliphatic rings. The third kappa shape index (κ3) is 3.83. The van der Waals surface area contributed by atoms with Crippen LogP contribution in [-0.2, 0) is 4.79 Å². The Hall–Kier alpha value is -3.19. The summed E-state index contributed by atoms with van der Waals surface area (Å²) in [6.07, 6.45) is 3.39. The molecule has 0 saturated carbocycles. The predicted molar refractivity (Wildman–Crippen MR) is 107 cm³/mol. The number of aromatic nitrogens is 4. The van der Waals surface area contributed by atoms with Crippen molar-refractivity contribution in [1.82, 2.24) is 19.7 Å². The number of carbonyl (C=O) groups is 1. The highest BCUT2D eigenvalue weighted by molar-refractivity contribution is 8.00. The van der Waals surface area contributed by atoms with Crippen LogP contribution in [0.25, 0.3) is 16.6 Å². The highest BCUT2D eigenvalue weighted by atomic mass is 32.2. The lowest BCUT2D eigenvalue weighted by Crippen LogP contribution is -2.22. The Morgan fingerprint density at radius 3 is 2.74 bits per heavy atom. The van der Waals surface area contributed by atoms with Gasteiger partial charge in [0.2, 0.25) is 11.1 Å². The van der Waals surface area contributed by atoms with Crippen molar-refractivity contribution in [3.05, 3.63) is 73.2 Å². The molecule has 0 fully saturated rings. The van der Waals surface area contributed by atoms with E-state index < -0.39 is 0 Å². The number of anilines is 1. The number of amides is 1. The Bertz CT molecular complexity index is 1070. The van der Waals surface area contributed by atoms with Crippen LogP contribution in [0.1, 0.15) is 6.92 Å². The molecule has 0 radical (unpaired) electrons. The molecule has 0 saturated heterocycles. The average molecular weight is 375 g/mol. The van der Waals surface area contributed by atoms with Gasteiger partial charge < -0.3 is 5.32 Å². The predicted octanol–water partition coefficient (Wildman–Crippen LogP) is 3.93. The molecule has 27 heavy (non-hydrogen) atoms. The summed E-state index contributed by atoms with van der Waals surface area (Å²) in [5.74, 6) is -0.104. The molecule has 6 nitrogen and oxygen atoms in total. The lowest BCUT2D eigenvalue weighted by molar-refractivity contribution is -0.115. The summed E-state index contributed by atoms with van der Waals surface area (Å²) in [6.45, 7) is 1.84. The van der Waals surface area contributed by atoms with Gasteiger partial charge in [-0.3, -0.25) is 9.78 Å². The molecule has 0 aliphatic carbocycles. The summed E-state index contributed by atoms with van der Waals surface area (Å²) in [4.78, 5) is 21.2. The Balaban J connectivity index is 1.46. The molecule has 1 amide bonds. The highest BCUT2D eigenvalue weighted by Crippen LogP contribution is 2.24. The molecule has 7 heteroatoms. The molecular formula is C20H17N5OS. The molecule has 2 aromatic carbocycles. The van der Waals surface area contributed by atoms with Gasteiger partial charge in [0.25, 0.3) is 0 Å². The number of nitrogens with zero attached hydrogens (tertiary/aromatic N) is 4. The van der Waals surface area contributed by atoms with Crippen molar-refractivity contribution in [2.24, 2.45) is 0 Å². The first-order chi connectivity index (χ1) is 13.2. The van der Waals surface area contributed by atoms with Gasteiger partial charge in [-0.1, -0.05) is 36.0 Å². The summed E-state index contributed by atoms with van der Waals surface area (Å²) < 4.78 is 1.70. The monoisotopic (exact) mass is 375 g/mol. The van der Waals surface area contributed by atoms with E-state index in [1.54, 1.807) is 17.2 Å². The molecule has 2 aromatic heterocycles. The van der Waals surface area contributed by atoms with E-state index >= 15 is 0 Å². The van der Waals surface area contributed by atoms with Crippen LogP contribution in [0.4, 0.5) is 5.69 Å². The first kappa shape index (κ1) is 17.2. The first-order valence-electron chi connectivity index (χ1n) is 8.49. The maximum atomic E-state index is 12.6. The number of carbonyl (C=O) groups excluding carboxylic acids is 1. The van der Waals surface area contributed by atoms with Crippen molar-refractivity contribution in [1.29, 1.82) is 0 Å². The van der Waals surface area contributed by atoms with E-state index in [-0.39, 0.29) is 11.2 Å². The molecule has 4 aromatic rings. The Labute approximate surface area is 160 Å². The molecule has 1 N–H and O–H groups in total. The molecule has 1 unspecified atom stereocenters. The SMILES string of the molecule is CC(Sc1ncn(-c2ccccc2)n1)C(=O)Nc1cccc2ncccc12. The van der Waals surface area contributed by atoms with Crippen LogP contribution in [-0.4, -0.2) is 30.9 Å². The molecule has 134 valence electrons. The Morgan fingerprint density at radius 2 is 1.89 bits per heavy atom. The molecule has 2 heterocycles. The minimum atomic E-state index is -0.344. The van der Waals surface area contributed by atoms with Crippen LogP contribution in [0, 0.1) is 0 Å². The normalized spacial score (nSPS) is 12.0. The molecular weight excluding hydrogens is 358 g/mol. The van der Waals surface area contributed by atoms with Crippen molar-refractivity contribution in [2.75, 3.05) is 5.32 Å². The van der Waals surface area contributed by atoms with Crippen LogP contribution in [0.3, 0.4) is 0 Å². The van der Waals surface area contributed by atoms with Crippen molar-refractivity contribution in [2.45, 2.75) is 17.3 Å². The van der Waals surface area contributed by atoms with Crippen LogP contribution in [0.15, 0.2) is 78.3 Å².